The molecule has 32 heavy (non-hydrogen) atoms. The summed E-state index contributed by atoms with van der Waals surface area (Å²) in [6, 6.07) is 10.9. The zero-order valence-electron chi connectivity index (χ0n) is 19.1. The van der Waals surface area contributed by atoms with Gasteiger partial charge in [-0.15, -0.1) is 0 Å². The second-order valence-corrected chi connectivity index (χ2v) is 10.4. The Bertz CT molecular complexity index is 1310. The van der Waals surface area contributed by atoms with E-state index in [2.05, 4.69) is 35.7 Å². The summed E-state index contributed by atoms with van der Waals surface area (Å²) in [6.07, 6.45) is 4.93. The fraction of sp³-hybridized carbons (Fsp3) is 0.304. The summed E-state index contributed by atoms with van der Waals surface area (Å²) in [7, 11) is -1.70. The Labute approximate surface area is 188 Å². The van der Waals surface area contributed by atoms with Crippen LogP contribution in [0.2, 0.25) is 0 Å². The van der Waals surface area contributed by atoms with Gasteiger partial charge in [0, 0.05) is 16.8 Å². The molecular formula is C23H28N4O4S. The van der Waals surface area contributed by atoms with Gasteiger partial charge in [-0.1, -0.05) is 45.1 Å². The van der Waals surface area contributed by atoms with Crippen LogP contribution in [0, 0.1) is 6.92 Å². The van der Waals surface area contributed by atoms with Crippen LogP contribution in [0.3, 0.4) is 0 Å². The Balaban J connectivity index is 2.08. The van der Waals surface area contributed by atoms with Crippen LogP contribution in [0.5, 0.6) is 5.75 Å². The first-order valence-corrected chi connectivity index (χ1v) is 11.9. The molecule has 0 fully saturated rings. The van der Waals surface area contributed by atoms with Crippen molar-refractivity contribution in [2.24, 2.45) is 0 Å². The highest BCUT2D eigenvalue weighted by Gasteiger charge is 2.23. The lowest BCUT2D eigenvalue weighted by Gasteiger charge is -2.24. The molecule has 0 aliphatic rings. The molecule has 0 unspecified atom stereocenters. The minimum atomic E-state index is -3.33. The SMILES string of the molecule is COc1c(C=Cc2ccc(NS(C)(=O)=O)cc2)cc(-n2c(C)n[nH]c2=O)cc1C(C)(C)C. The lowest BCUT2D eigenvalue weighted by atomic mass is 9.84. The van der Waals surface area contributed by atoms with Crippen LogP contribution in [-0.4, -0.2) is 36.5 Å². The van der Waals surface area contributed by atoms with Crippen molar-refractivity contribution in [3.05, 3.63) is 69.4 Å². The molecule has 1 heterocycles. The molecule has 1 aromatic heterocycles. The van der Waals surface area contributed by atoms with Gasteiger partial charge in [-0.25, -0.2) is 22.9 Å². The fourth-order valence-electron chi connectivity index (χ4n) is 3.42. The average molecular weight is 457 g/mol. The lowest BCUT2D eigenvalue weighted by molar-refractivity contribution is 0.396. The summed E-state index contributed by atoms with van der Waals surface area (Å²) < 4.78 is 32.5. The van der Waals surface area contributed by atoms with Crippen LogP contribution in [-0.2, 0) is 15.4 Å². The van der Waals surface area contributed by atoms with Crippen molar-refractivity contribution in [1.82, 2.24) is 14.8 Å². The Hall–Kier alpha value is -3.33. The van der Waals surface area contributed by atoms with E-state index in [1.807, 2.05) is 36.4 Å². The number of aryl methyl sites for hydroxylation is 1. The molecule has 0 saturated carbocycles. The van der Waals surface area contributed by atoms with Crippen molar-refractivity contribution in [2.75, 3.05) is 18.1 Å². The van der Waals surface area contributed by atoms with Crippen LogP contribution in [0.4, 0.5) is 5.69 Å². The highest BCUT2D eigenvalue weighted by Crippen LogP contribution is 2.37. The molecule has 0 amide bonds. The molecule has 9 heteroatoms. The van der Waals surface area contributed by atoms with Crippen LogP contribution in [0.1, 0.15) is 43.3 Å². The summed E-state index contributed by atoms with van der Waals surface area (Å²) in [4.78, 5) is 12.3. The minimum absolute atomic E-state index is 0.232. The van der Waals surface area contributed by atoms with E-state index in [1.165, 1.54) is 4.57 Å². The van der Waals surface area contributed by atoms with Gasteiger partial charge in [0.05, 0.1) is 19.1 Å². The quantitative estimate of drug-likeness (QED) is 0.550. The molecule has 0 aliphatic heterocycles. The number of anilines is 1. The molecule has 3 rings (SSSR count). The Morgan fingerprint density at radius 1 is 1.12 bits per heavy atom. The second kappa shape index (κ2) is 8.66. The standard InChI is InChI=1S/C23H28N4O4S/c1-15-24-25-22(28)27(15)19-13-17(21(31-5)20(14-19)23(2,3)4)10-7-16-8-11-18(12-9-16)26-32(6,29)30/h7-14,26H,1-6H3,(H,25,28). The number of hydrogen-bond donors (Lipinski definition) is 2. The van der Waals surface area contributed by atoms with E-state index in [1.54, 1.807) is 26.2 Å². The number of benzene rings is 2. The van der Waals surface area contributed by atoms with Crippen molar-refractivity contribution < 1.29 is 13.2 Å². The predicted molar refractivity (Wildman–Crippen MR) is 128 cm³/mol. The first-order valence-electron chi connectivity index (χ1n) is 10.0. The maximum absolute atomic E-state index is 12.3. The molecule has 0 aliphatic carbocycles. The number of sulfonamides is 1. The van der Waals surface area contributed by atoms with E-state index in [0.717, 1.165) is 28.7 Å². The van der Waals surface area contributed by atoms with Crippen molar-refractivity contribution in [3.8, 4) is 11.4 Å². The first kappa shape index (κ1) is 23.3. The second-order valence-electron chi connectivity index (χ2n) is 8.61. The Morgan fingerprint density at radius 2 is 1.78 bits per heavy atom. The maximum Gasteiger partial charge on any atom is 0.347 e. The summed E-state index contributed by atoms with van der Waals surface area (Å²) in [5.74, 6) is 1.28. The van der Waals surface area contributed by atoms with Gasteiger partial charge >= 0.3 is 5.69 Å². The highest BCUT2D eigenvalue weighted by atomic mass is 32.2. The average Bonchev–Trinajstić information content (AvgIpc) is 3.03. The van der Waals surface area contributed by atoms with E-state index in [-0.39, 0.29) is 11.1 Å². The van der Waals surface area contributed by atoms with Crippen molar-refractivity contribution in [3.63, 3.8) is 0 Å². The Kier molecular flexibility index (Phi) is 6.32. The first-order chi connectivity index (χ1) is 14.9. The van der Waals surface area contributed by atoms with Gasteiger partial charge in [0.2, 0.25) is 10.0 Å². The maximum atomic E-state index is 12.3. The summed E-state index contributed by atoms with van der Waals surface area (Å²) in [6.45, 7) is 8.02. The molecule has 8 nitrogen and oxygen atoms in total. The summed E-state index contributed by atoms with van der Waals surface area (Å²) >= 11 is 0. The van der Waals surface area contributed by atoms with Gasteiger partial charge in [0.25, 0.3) is 0 Å². The van der Waals surface area contributed by atoms with E-state index in [0.29, 0.717) is 17.2 Å². The van der Waals surface area contributed by atoms with Gasteiger partial charge < -0.3 is 4.74 Å². The van der Waals surface area contributed by atoms with Gasteiger partial charge in [0.1, 0.15) is 11.6 Å². The lowest BCUT2D eigenvalue weighted by Crippen LogP contribution is -2.19. The van der Waals surface area contributed by atoms with Crippen molar-refractivity contribution >= 4 is 27.9 Å². The number of H-pyrrole nitrogens is 1. The fourth-order valence-corrected chi connectivity index (χ4v) is 3.98. The third-order valence-corrected chi connectivity index (χ3v) is 5.49. The number of ether oxygens (including phenoxy) is 1. The number of nitrogens with zero attached hydrogens (tertiary/aromatic N) is 2. The molecule has 170 valence electrons. The predicted octanol–water partition coefficient (Wildman–Crippen LogP) is 3.72. The molecule has 0 atom stereocenters. The normalized spacial score (nSPS) is 12.3. The van der Waals surface area contributed by atoms with Gasteiger partial charge in [-0.3, -0.25) is 4.72 Å². The van der Waals surface area contributed by atoms with Gasteiger partial charge in [-0.05, 0) is 42.2 Å². The topological polar surface area (TPSA) is 106 Å². The number of rotatable bonds is 6. The van der Waals surface area contributed by atoms with Crippen molar-refractivity contribution in [2.45, 2.75) is 33.1 Å². The molecule has 3 aromatic rings. The Morgan fingerprint density at radius 3 is 2.28 bits per heavy atom. The van der Waals surface area contributed by atoms with Crippen LogP contribution in [0.25, 0.3) is 17.8 Å². The molecule has 2 N–H and O–H groups in total. The molecule has 0 radical (unpaired) electrons. The van der Waals surface area contributed by atoms with Crippen molar-refractivity contribution in [1.29, 1.82) is 0 Å². The highest BCUT2D eigenvalue weighted by molar-refractivity contribution is 7.92. The van der Waals surface area contributed by atoms with E-state index < -0.39 is 10.0 Å². The van der Waals surface area contributed by atoms with E-state index >= 15 is 0 Å². The molecular weight excluding hydrogens is 428 g/mol. The van der Waals surface area contributed by atoms with Crippen LogP contribution >= 0.6 is 0 Å². The summed E-state index contributed by atoms with van der Waals surface area (Å²) in [5.41, 5.74) is 3.29. The largest absolute Gasteiger partial charge is 0.496 e. The van der Waals surface area contributed by atoms with E-state index in [9.17, 15) is 13.2 Å². The van der Waals surface area contributed by atoms with Gasteiger partial charge in [-0.2, -0.15) is 5.10 Å². The third-order valence-electron chi connectivity index (χ3n) is 4.88. The molecule has 0 bridgehead atoms. The monoisotopic (exact) mass is 456 g/mol. The molecule has 2 aromatic carbocycles. The molecule has 0 spiro atoms. The third kappa shape index (κ3) is 5.28. The zero-order chi connectivity index (χ0) is 23.7. The van der Waals surface area contributed by atoms with Crippen LogP contribution in [0.15, 0.2) is 41.2 Å². The van der Waals surface area contributed by atoms with Crippen LogP contribution < -0.4 is 15.1 Å². The zero-order valence-corrected chi connectivity index (χ0v) is 19.9. The minimum Gasteiger partial charge on any atom is -0.496 e. The number of nitrogens with one attached hydrogen (secondary N) is 2. The number of methoxy groups -OCH3 is 1. The number of aromatic amines is 1. The summed E-state index contributed by atoms with van der Waals surface area (Å²) in [5, 5.41) is 6.49. The smallest absolute Gasteiger partial charge is 0.347 e. The van der Waals surface area contributed by atoms with E-state index in [4.69, 9.17) is 4.74 Å². The molecule has 0 saturated heterocycles. The van der Waals surface area contributed by atoms with Gasteiger partial charge in [0.15, 0.2) is 0 Å². The number of hydrogen-bond acceptors (Lipinski definition) is 5. The number of aromatic nitrogens is 3.